The Kier molecular flexibility index (Phi) is 9.30. The second-order valence-electron chi connectivity index (χ2n) is 3.54. The Hall–Kier alpha value is -0.154. The zero-order valence-corrected chi connectivity index (χ0v) is 12.1. The van der Waals surface area contributed by atoms with Gasteiger partial charge < -0.3 is 0 Å². The average Bonchev–Trinajstić information content (AvgIpc) is 2.19. The monoisotopic (exact) mass is 253 g/mol. The molecule has 0 aliphatic heterocycles. The van der Waals surface area contributed by atoms with Crippen molar-refractivity contribution in [3.05, 3.63) is 12.3 Å². The molecule has 0 aliphatic carbocycles. The van der Waals surface area contributed by atoms with Crippen LogP contribution >= 0.6 is 0 Å². The predicted octanol–water partition coefficient (Wildman–Crippen LogP) is 2.83. The molecule has 14 heavy (non-hydrogen) atoms. The summed E-state index contributed by atoms with van der Waals surface area (Å²) < 4.78 is 2.45. The molecule has 0 aromatic carbocycles. The van der Waals surface area contributed by atoms with Gasteiger partial charge in [0, 0.05) is 0 Å². The van der Waals surface area contributed by atoms with Crippen LogP contribution in [0, 0.1) is 0 Å². The average molecular weight is 254 g/mol. The molecular weight excluding hydrogens is 232 g/mol. The fourth-order valence-corrected chi connectivity index (χ4v) is 8.37. The van der Waals surface area contributed by atoms with E-state index in [-0.39, 0.29) is 0 Å². The van der Waals surface area contributed by atoms with Crippen LogP contribution in [0.2, 0.25) is 9.95 Å². The van der Waals surface area contributed by atoms with Crippen LogP contribution in [0.4, 0.5) is 0 Å². The molecule has 0 saturated carbocycles. The van der Waals surface area contributed by atoms with Gasteiger partial charge in [-0.1, -0.05) is 0 Å². The van der Waals surface area contributed by atoms with Gasteiger partial charge >= 0.3 is 93.5 Å². The van der Waals surface area contributed by atoms with Crippen LogP contribution in [-0.4, -0.2) is 32.9 Å². The van der Waals surface area contributed by atoms with E-state index in [0.29, 0.717) is 0 Å². The first kappa shape index (κ1) is 13.8. The third-order valence-corrected chi connectivity index (χ3v) is 10.7. The number of hydrogen-bond donors (Lipinski definition) is 0. The molecule has 0 amide bonds. The van der Waals surface area contributed by atoms with Crippen molar-refractivity contribution in [1.82, 2.24) is 3.61 Å². The molecule has 0 bridgehead atoms. The van der Waals surface area contributed by atoms with Crippen LogP contribution in [0.3, 0.4) is 0 Å². The van der Waals surface area contributed by atoms with Crippen molar-refractivity contribution < 1.29 is 4.79 Å². The maximum atomic E-state index is 10.3. The molecule has 0 saturated heterocycles. The van der Waals surface area contributed by atoms with Gasteiger partial charge in [0.2, 0.25) is 0 Å². The minimum absolute atomic E-state index is 0.875. The summed E-state index contributed by atoms with van der Waals surface area (Å²) >= 11 is -1.28. The molecule has 0 N–H and O–H groups in total. The van der Waals surface area contributed by atoms with Crippen LogP contribution in [0.25, 0.3) is 0 Å². The molecule has 0 aromatic rings. The van der Waals surface area contributed by atoms with Crippen molar-refractivity contribution >= 4 is 22.7 Å². The van der Waals surface area contributed by atoms with Crippen LogP contribution in [0.5, 0.6) is 0 Å². The topological polar surface area (TPSA) is 20.3 Å². The standard InChI is InChI=1S/C5H9NO.2C3H7.Ga/c1-2-6-4-3-5-7;2*1-3-2;/h3-5H,2H2,1H3,(H,6,7);2*1,3H2,2H3;/q;;;+1/p-1. The van der Waals surface area contributed by atoms with Crippen LogP contribution in [0.1, 0.15) is 33.6 Å². The fraction of sp³-hybridized carbons (Fsp3) is 0.727. The van der Waals surface area contributed by atoms with Crippen LogP contribution < -0.4 is 0 Å². The summed E-state index contributed by atoms with van der Waals surface area (Å²) in [6.45, 7) is 7.75. The molecule has 0 atom stereocenters. The van der Waals surface area contributed by atoms with E-state index in [1.165, 1.54) is 22.8 Å². The first-order valence-electron chi connectivity index (χ1n) is 5.67. The van der Waals surface area contributed by atoms with Crippen molar-refractivity contribution in [2.24, 2.45) is 0 Å². The Morgan fingerprint density at radius 3 is 2.07 bits per heavy atom. The summed E-state index contributed by atoms with van der Waals surface area (Å²) in [6.07, 6.45) is 7.09. The van der Waals surface area contributed by atoms with Gasteiger partial charge in [-0.2, -0.15) is 0 Å². The van der Waals surface area contributed by atoms with E-state index in [0.717, 1.165) is 12.8 Å². The number of nitrogens with zero attached hydrogens (tertiary/aromatic N) is 1. The van der Waals surface area contributed by atoms with Crippen molar-refractivity contribution in [3.8, 4) is 0 Å². The summed E-state index contributed by atoms with van der Waals surface area (Å²) in [7, 11) is 0. The first-order valence-corrected chi connectivity index (χ1v) is 10.2. The van der Waals surface area contributed by atoms with Crippen LogP contribution in [0.15, 0.2) is 12.3 Å². The van der Waals surface area contributed by atoms with E-state index in [2.05, 4.69) is 24.4 Å². The minimum atomic E-state index is -1.28. The fourth-order valence-electron chi connectivity index (χ4n) is 1.77. The molecule has 0 fully saturated rings. The number of allylic oxidation sites excluding steroid dienone is 1. The van der Waals surface area contributed by atoms with Gasteiger partial charge in [-0.15, -0.1) is 0 Å². The Labute approximate surface area is 93.7 Å². The Morgan fingerprint density at radius 2 is 1.71 bits per heavy atom. The van der Waals surface area contributed by atoms with E-state index in [9.17, 15) is 4.79 Å². The van der Waals surface area contributed by atoms with Gasteiger partial charge in [0.15, 0.2) is 0 Å². The maximum absolute atomic E-state index is 10.3. The quantitative estimate of drug-likeness (QED) is 0.377. The molecule has 0 rings (SSSR count). The third-order valence-electron chi connectivity index (χ3n) is 2.43. The van der Waals surface area contributed by atoms with E-state index < -0.39 is 16.5 Å². The summed E-state index contributed by atoms with van der Waals surface area (Å²) in [4.78, 5) is 13.1. The molecule has 0 unspecified atom stereocenters. The number of aldehydes is 1. The Bertz CT molecular complexity index is 165. The third kappa shape index (κ3) is 5.55. The summed E-state index contributed by atoms with van der Waals surface area (Å²) in [6, 6.07) is 0. The Morgan fingerprint density at radius 1 is 1.14 bits per heavy atom. The number of carbonyl (C=O) groups is 1. The van der Waals surface area contributed by atoms with Crippen LogP contribution in [-0.2, 0) is 4.79 Å². The van der Waals surface area contributed by atoms with Gasteiger partial charge in [0.05, 0.1) is 0 Å². The van der Waals surface area contributed by atoms with Gasteiger partial charge in [-0.3, -0.25) is 0 Å². The number of hydrogen-bond acceptors (Lipinski definition) is 2. The van der Waals surface area contributed by atoms with Gasteiger partial charge in [0.25, 0.3) is 0 Å². The molecule has 3 heteroatoms. The predicted molar refractivity (Wildman–Crippen MR) is 63.5 cm³/mol. The van der Waals surface area contributed by atoms with Gasteiger partial charge in [0.1, 0.15) is 0 Å². The van der Waals surface area contributed by atoms with Crippen molar-refractivity contribution in [3.63, 3.8) is 0 Å². The summed E-state index contributed by atoms with van der Waals surface area (Å²) in [5.74, 6) is 0. The second-order valence-corrected chi connectivity index (χ2v) is 10.1. The van der Waals surface area contributed by atoms with Crippen molar-refractivity contribution in [1.29, 1.82) is 0 Å². The number of rotatable bonds is 8. The molecule has 0 heterocycles. The molecule has 2 nitrogen and oxygen atoms in total. The van der Waals surface area contributed by atoms with Gasteiger partial charge in [-0.05, 0) is 0 Å². The van der Waals surface area contributed by atoms with E-state index in [1.54, 1.807) is 6.08 Å². The molecule has 0 aromatic heterocycles. The molecule has 0 aliphatic rings. The summed E-state index contributed by atoms with van der Waals surface area (Å²) in [5.41, 5.74) is 0. The normalized spacial score (nSPS) is 10.5. The SMILES string of the molecule is CC[CH2][Ga]([CH2]CC)[N](/C=C\C=O)CC. The zero-order chi connectivity index (χ0) is 10.8. The summed E-state index contributed by atoms with van der Waals surface area (Å²) in [5, 5.41) is 0. The Balaban J connectivity index is 4.23. The second kappa shape index (κ2) is 9.40. The van der Waals surface area contributed by atoms with Gasteiger partial charge in [-0.25, -0.2) is 0 Å². The van der Waals surface area contributed by atoms with E-state index in [1.807, 2.05) is 6.20 Å². The molecule has 0 spiro atoms. The first-order chi connectivity index (χ1) is 6.79. The molecule has 80 valence electrons. The van der Waals surface area contributed by atoms with E-state index >= 15 is 0 Å². The van der Waals surface area contributed by atoms with E-state index in [4.69, 9.17) is 0 Å². The number of carbonyl (C=O) groups excluding carboxylic acids is 1. The van der Waals surface area contributed by atoms with Crippen molar-refractivity contribution in [2.75, 3.05) is 6.54 Å². The van der Waals surface area contributed by atoms with Crippen molar-refractivity contribution in [2.45, 2.75) is 43.6 Å². The molecule has 0 radical (unpaired) electrons. The molecular formula is C11H22GaNO. The zero-order valence-electron chi connectivity index (χ0n) is 9.70.